The molecule has 2 aromatic carbocycles. The van der Waals surface area contributed by atoms with E-state index in [0.717, 1.165) is 31.5 Å². The van der Waals surface area contributed by atoms with Gasteiger partial charge < -0.3 is 10.6 Å². The number of nitrogens with two attached hydrogens (primary N) is 1. The minimum atomic E-state index is 0.0639. The molecule has 2 aromatic rings. The van der Waals surface area contributed by atoms with Crippen molar-refractivity contribution in [1.82, 2.24) is 0 Å². The van der Waals surface area contributed by atoms with Crippen molar-refractivity contribution in [1.29, 1.82) is 0 Å². The second-order valence-corrected chi connectivity index (χ2v) is 6.56. The highest BCUT2D eigenvalue weighted by atomic mass is 35.5. The number of ketones is 1. The molecule has 0 amide bonds. The molecule has 120 valence electrons. The third-order valence-corrected chi connectivity index (χ3v) is 4.92. The van der Waals surface area contributed by atoms with Crippen molar-refractivity contribution in [3.8, 4) is 0 Å². The number of rotatable bonds is 3. The number of aryl methyl sites for hydroxylation is 1. The molecule has 0 bridgehead atoms. The summed E-state index contributed by atoms with van der Waals surface area (Å²) in [6.45, 7) is 3.69. The third-order valence-electron chi connectivity index (χ3n) is 4.61. The van der Waals surface area contributed by atoms with Crippen molar-refractivity contribution in [3.63, 3.8) is 0 Å². The topological polar surface area (TPSA) is 46.3 Å². The summed E-state index contributed by atoms with van der Waals surface area (Å²) in [5, 5.41) is 0.468. The maximum atomic E-state index is 12.7. The Morgan fingerprint density at radius 2 is 1.83 bits per heavy atom. The lowest BCUT2D eigenvalue weighted by molar-refractivity contribution is 0.0900. The van der Waals surface area contributed by atoms with E-state index in [4.69, 9.17) is 17.3 Å². The Hall–Kier alpha value is -2.00. The van der Waals surface area contributed by atoms with Crippen LogP contribution in [0.25, 0.3) is 0 Å². The van der Waals surface area contributed by atoms with Crippen molar-refractivity contribution >= 4 is 28.8 Å². The zero-order chi connectivity index (χ0) is 16.4. The molecule has 0 aliphatic carbocycles. The first-order valence-electron chi connectivity index (χ1n) is 7.96. The second kappa shape index (κ2) is 6.63. The van der Waals surface area contributed by atoms with Gasteiger partial charge in [-0.1, -0.05) is 29.8 Å². The molecule has 1 aliphatic rings. The lowest BCUT2D eigenvalue weighted by Crippen LogP contribution is -2.36. The van der Waals surface area contributed by atoms with Crippen molar-refractivity contribution in [2.24, 2.45) is 5.92 Å². The van der Waals surface area contributed by atoms with Crippen LogP contribution >= 0.6 is 11.6 Å². The lowest BCUT2D eigenvalue weighted by atomic mass is 9.88. The van der Waals surface area contributed by atoms with Gasteiger partial charge in [-0.2, -0.15) is 0 Å². The maximum absolute atomic E-state index is 12.7. The molecule has 4 heteroatoms. The van der Waals surface area contributed by atoms with E-state index < -0.39 is 0 Å². The van der Waals surface area contributed by atoms with Gasteiger partial charge in [0.25, 0.3) is 0 Å². The summed E-state index contributed by atoms with van der Waals surface area (Å²) in [7, 11) is 0. The highest BCUT2D eigenvalue weighted by molar-refractivity contribution is 6.33. The average Bonchev–Trinajstić information content (AvgIpc) is 2.59. The number of hydrogen-bond acceptors (Lipinski definition) is 3. The quantitative estimate of drug-likeness (QED) is 0.673. The predicted octanol–water partition coefficient (Wildman–Crippen LogP) is 4.33. The van der Waals surface area contributed by atoms with Gasteiger partial charge in [0, 0.05) is 30.3 Å². The summed E-state index contributed by atoms with van der Waals surface area (Å²) in [5.41, 5.74) is 9.19. The lowest BCUT2D eigenvalue weighted by Gasteiger charge is -2.33. The van der Waals surface area contributed by atoms with Crippen LogP contribution in [0.3, 0.4) is 0 Å². The number of Topliss-reactive ketones (excluding diaryl/α,β-unsaturated/α-hetero) is 1. The molecule has 1 saturated heterocycles. The number of para-hydroxylation sites is 1. The molecular formula is C19H21ClN2O. The molecular weight excluding hydrogens is 308 g/mol. The Labute approximate surface area is 142 Å². The van der Waals surface area contributed by atoms with Crippen LogP contribution in [0.15, 0.2) is 42.5 Å². The predicted molar refractivity (Wildman–Crippen MR) is 96.3 cm³/mol. The number of piperidine rings is 1. The van der Waals surface area contributed by atoms with E-state index >= 15 is 0 Å². The molecule has 1 aliphatic heterocycles. The van der Waals surface area contributed by atoms with Gasteiger partial charge in [0.1, 0.15) is 0 Å². The van der Waals surface area contributed by atoms with Crippen molar-refractivity contribution < 1.29 is 4.79 Å². The zero-order valence-corrected chi connectivity index (χ0v) is 14.0. The highest BCUT2D eigenvalue weighted by Gasteiger charge is 2.26. The number of halogens is 1. The number of carbonyl (C=O) groups excluding carboxylic acids is 1. The standard InChI is InChI=1S/C19H21ClN2O/c1-13-11-15(12-17(20)18(13)21)19(23)14-7-9-22(10-8-14)16-5-3-2-4-6-16/h2-6,11-12,14H,7-10,21H2,1H3. The zero-order valence-electron chi connectivity index (χ0n) is 13.3. The van der Waals surface area contributed by atoms with Gasteiger partial charge in [-0.3, -0.25) is 4.79 Å². The normalized spacial score (nSPS) is 15.7. The molecule has 0 aromatic heterocycles. The molecule has 2 N–H and O–H groups in total. The molecule has 0 atom stereocenters. The third kappa shape index (κ3) is 3.35. The number of hydrogen-bond donors (Lipinski definition) is 1. The molecule has 23 heavy (non-hydrogen) atoms. The SMILES string of the molecule is Cc1cc(C(=O)C2CCN(c3ccccc3)CC2)cc(Cl)c1N. The fourth-order valence-electron chi connectivity index (χ4n) is 3.17. The van der Waals surface area contributed by atoms with E-state index in [1.165, 1.54) is 5.69 Å². The molecule has 0 saturated carbocycles. The summed E-state index contributed by atoms with van der Waals surface area (Å²) < 4.78 is 0. The van der Waals surface area contributed by atoms with Crippen molar-refractivity contribution in [2.45, 2.75) is 19.8 Å². The molecule has 3 rings (SSSR count). The molecule has 0 radical (unpaired) electrons. The molecule has 1 heterocycles. The first kappa shape index (κ1) is 15.9. The second-order valence-electron chi connectivity index (χ2n) is 6.15. The van der Waals surface area contributed by atoms with E-state index in [9.17, 15) is 4.79 Å². The Morgan fingerprint density at radius 1 is 1.17 bits per heavy atom. The minimum Gasteiger partial charge on any atom is -0.397 e. The fourth-order valence-corrected chi connectivity index (χ4v) is 3.44. The molecule has 0 spiro atoms. The van der Waals surface area contributed by atoms with E-state index in [0.29, 0.717) is 16.3 Å². The van der Waals surface area contributed by atoms with Gasteiger partial charge in [-0.15, -0.1) is 0 Å². The minimum absolute atomic E-state index is 0.0639. The number of benzene rings is 2. The van der Waals surface area contributed by atoms with E-state index in [2.05, 4.69) is 17.0 Å². The molecule has 1 fully saturated rings. The van der Waals surface area contributed by atoms with E-state index in [-0.39, 0.29) is 11.7 Å². The Bertz CT molecular complexity index is 684. The van der Waals surface area contributed by atoms with Gasteiger partial charge in [-0.25, -0.2) is 0 Å². The highest BCUT2D eigenvalue weighted by Crippen LogP contribution is 2.29. The van der Waals surface area contributed by atoms with Crippen molar-refractivity contribution in [2.75, 3.05) is 23.7 Å². The Morgan fingerprint density at radius 3 is 2.43 bits per heavy atom. The first-order chi connectivity index (χ1) is 11.1. The largest absolute Gasteiger partial charge is 0.397 e. The number of anilines is 2. The number of nitrogen functional groups attached to an aromatic ring is 1. The van der Waals surface area contributed by atoms with E-state index in [1.54, 1.807) is 6.07 Å². The average molecular weight is 329 g/mol. The van der Waals surface area contributed by atoms with Crippen LogP contribution in [0.5, 0.6) is 0 Å². The maximum Gasteiger partial charge on any atom is 0.166 e. The van der Waals surface area contributed by atoms with E-state index in [1.807, 2.05) is 31.2 Å². The van der Waals surface area contributed by atoms with Crippen molar-refractivity contribution in [3.05, 3.63) is 58.6 Å². The smallest absolute Gasteiger partial charge is 0.166 e. The van der Waals surface area contributed by atoms with Gasteiger partial charge in [0.2, 0.25) is 0 Å². The molecule has 3 nitrogen and oxygen atoms in total. The summed E-state index contributed by atoms with van der Waals surface area (Å²) in [6.07, 6.45) is 1.74. The summed E-state index contributed by atoms with van der Waals surface area (Å²) in [4.78, 5) is 15.1. The first-order valence-corrected chi connectivity index (χ1v) is 8.34. The fraction of sp³-hybridized carbons (Fsp3) is 0.316. The number of nitrogens with zero attached hydrogens (tertiary/aromatic N) is 1. The van der Waals surface area contributed by atoms with Crippen LogP contribution in [0.1, 0.15) is 28.8 Å². The number of carbonyl (C=O) groups is 1. The van der Waals surface area contributed by atoms with Crippen LogP contribution in [-0.2, 0) is 0 Å². The van der Waals surface area contributed by atoms with Crippen LogP contribution in [0, 0.1) is 12.8 Å². The van der Waals surface area contributed by atoms with Crippen LogP contribution in [0.4, 0.5) is 11.4 Å². The van der Waals surface area contributed by atoms with Gasteiger partial charge in [-0.05, 0) is 49.6 Å². The van der Waals surface area contributed by atoms with Crippen LogP contribution < -0.4 is 10.6 Å². The molecule has 0 unspecified atom stereocenters. The van der Waals surface area contributed by atoms with Gasteiger partial charge in [0.05, 0.1) is 10.7 Å². The summed E-state index contributed by atoms with van der Waals surface area (Å²) >= 11 is 6.12. The Kier molecular flexibility index (Phi) is 4.58. The van der Waals surface area contributed by atoms with Crippen LogP contribution in [0.2, 0.25) is 5.02 Å². The monoisotopic (exact) mass is 328 g/mol. The van der Waals surface area contributed by atoms with Crippen LogP contribution in [-0.4, -0.2) is 18.9 Å². The van der Waals surface area contributed by atoms with Gasteiger partial charge >= 0.3 is 0 Å². The van der Waals surface area contributed by atoms with Gasteiger partial charge in [0.15, 0.2) is 5.78 Å². The summed E-state index contributed by atoms with van der Waals surface area (Å²) in [6, 6.07) is 13.9. The Balaban J connectivity index is 1.69. The summed E-state index contributed by atoms with van der Waals surface area (Å²) in [5.74, 6) is 0.247.